The third-order valence-corrected chi connectivity index (χ3v) is 4.42. The highest BCUT2D eigenvalue weighted by molar-refractivity contribution is 5.15. The standard InChI is InChI=1S/C16H25N5/c1-3-20-12-14(13(2)19-20)10-17-11-16-8-9-18-21(16)15-6-4-5-7-15/h8-9,12,15,17H,3-7,10-11H2,1-2H3. The Kier molecular flexibility index (Phi) is 4.39. The van der Waals surface area contributed by atoms with Crippen molar-refractivity contribution in [3.63, 3.8) is 0 Å². The summed E-state index contributed by atoms with van der Waals surface area (Å²) in [6.45, 7) is 6.85. The van der Waals surface area contributed by atoms with Crippen molar-refractivity contribution in [3.8, 4) is 0 Å². The fourth-order valence-electron chi connectivity index (χ4n) is 3.18. The van der Waals surface area contributed by atoms with Crippen LogP contribution in [0.2, 0.25) is 0 Å². The van der Waals surface area contributed by atoms with Crippen LogP contribution < -0.4 is 5.32 Å². The van der Waals surface area contributed by atoms with Crippen LogP contribution in [0.15, 0.2) is 18.5 Å². The maximum Gasteiger partial charge on any atom is 0.0638 e. The zero-order chi connectivity index (χ0) is 14.7. The van der Waals surface area contributed by atoms with E-state index < -0.39 is 0 Å². The minimum Gasteiger partial charge on any atom is -0.307 e. The summed E-state index contributed by atoms with van der Waals surface area (Å²) in [5.41, 5.74) is 3.69. The molecule has 2 aromatic heterocycles. The highest BCUT2D eigenvalue weighted by atomic mass is 15.3. The van der Waals surface area contributed by atoms with Crippen LogP contribution in [-0.4, -0.2) is 19.6 Å². The molecular formula is C16H25N5. The predicted octanol–water partition coefficient (Wildman–Crippen LogP) is 2.81. The van der Waals surface area contributed by atoms with Crippen molar-refractivity contribution in [1.29, 1.82) is 0 Å². The third-order valence-electron chi connectivity index (χ3n) is 4.42. The average molecular weight is 287 g/mol. The molecule has 0 aliphatic heterocycles. The average Bonchev–Trinajstić information content (AvgIpc) is 3.19. The second-order valence-corrected chi connectivity index (χ2v) is 5.90. The molecule has 0 radical (unpaired) electrons. The molecule has 1 saturated carbocycles. The van der Waals surface area contributed by atoms with Gasteiger partial charge in [0.05, 0.1) is 17.4 Å². The van der Waals surface area contributed by atoms with Gasteiger partial charge in [0, 0.05) is 37.6 Å². The molecule has 1 fully saturated rings. The molecule has 0 unspecified atom stereocenters. The van der Waals surface area contributed by atoms with Gasteiger partial charge in [-0.25, -0.2) is 0 Å². The Hall–Kier alpha value is -1.62. The van der Waals surface area contributed by atoms with Gasteiger partial charge in [-0.1, -0.05) is 12.8 Å². The quantitative estimate of drug-likeness (QED) is 0.888. The molecule has 114 valence electrons. The lowest BCUT2D eigenvalue weighted by Crippen LogP contribution is -2.18. The van der Waals surface area contributed by atoms with Gasteiger partial charge in [0.25, 0.3) is 0 Å². The molecule has 1 aliphatic carbocycles. The van der Waals surface area contributed by atoms with E-state index in [2.05, 4.69) is 46.3 Å². The number of rotatable bonds is 6. The lowest BCUT2D eigenvalue weighted by atomic mass is 10.2. The first-order valence-electron chi connectivity index (χ1n) is 8.04. The lowest BCUT2D eigenvalue weighted by molar-refractivity contribution is 0.442. The van der Waals surface area contributed by atoms with Crippen molar-refractivity contribution in [1.82, 2.24) is 24.9 Å². The van der Waals surface area contributed by atoms with Gasteiger partial charge in [-0.2, -0.15) is 10.2 Å². The first-order chi connectivity index (χ1) is 10.3. The SMILES string of the molecule is CCn1cc(CNCc2ccnn2C2CCCC2)c(C)n1. The van der Waals surface area contributed by atoms with Gasteiger partial charge in [0.2, 0.25) is 0 Å². The molecule has 0 bridgehead atoms. The van der Waals surface area contributed by atoms with Crippen LogP contribution in [0.3, 0.4) is 0 Å². The molecular weight excluding hydrogens is 262 g/mol. The number of nitrogens with zero attached hydrogens (tertiary/aromatic N) is 4. The van der Waals surface area contributed by atoms with Crippen molar-refractivity contribution < 1.29 is 0 Å². The minimum absolute atomic E-state index is 0.612. The normalized spacial score (nSPS) is 15.9. The Morgan fingerprint density at radius 1 is 1.29 bits per heavy atom. The second-order valence-electron chi connectivity index (χ2n) is 5.90. The van der Waals surface area contributed by atoms with Gasteiger partial charge in [0.1, 0.15) is 0 Å². The van der Waals surface area contributed by atoms with Crippen LogP contribution in [0.4, 0.5) is 0 Å². The van der Waals surface area contributed by atoms with E-state index in [4.69, 9.17) is 0 Å². The fourth-order valence-corrected chi connectivity index (χ4v) is 3.18. The van der Waals surface area contributed by atoms with E-state index in [-0.39, 0.29) is 0 Å². The molecule has 0 spiro atoms. The number of aryl methyl sites for hydroxylation is 2. The maximum absolute atomic E-state index is 4.52. The molecule has 2 heterocycles. The minimum atomic E-state index is 0.612. The summed E-state index contributed by atoms with van der Waals surface area (Å²) in [5.74, 6) is 0. The summed E-state index contributed by atoms with van der Waals surface area (Å²) in [4.78, 5) is 0. The molecule has 1 N–H and O–H groups in total. The summed E-state index contributed by atoms with van der Waals surface area (Å²) in [7, 11) is 0. The molecule has 0 amide bonds. The molecule has 1 aliphatic rings. The van der Waals surface area contributed by atoms with Crippen LogP contribution in [0.25, 0.3) is 0 Å². The Balaban J connectivity index is 1.58. The number of nitrogens with one attached hydrogen (secondary N) is 1. The zero-order valence-electron chi connectivity index (χ0n) is 13.0. The monoisotopic (exact) mass is 287 g/mol. The molecule has 2 aromatic rings. The van der Waals surface area contributed by atoms with Crippen LogP contribution >= 0.6 is 0 Å². The van der Waals surface area contributed by atoms with E-state index in [0.717, 1.165) is 25.3 Å². The van der Waals surface area contributed by atoms with Gasteiger partial charge < -0.3 is 5.32 Å². The van der Waals surface area contributed by atoms with Crippen LogP contribution in [0.5, 0.6) is 0 Å². The smallest absolute Gasteiger partial charge is 0.0638 e. The Bertz CT molecular complexity index is 577. The van der Waals surface area contributed by atoms with Gasteiger partial charge >= 0.3 is 0 Å². The Morgan fingerprint density at radius 3 is 2.81 bits per heavy atom. The van der Waals surface area contributed by atoms with Crippen molar-refractivity contribution in [2.24, 2.45) is 0 Å². The summed E-state index contributed by atoms with van der Waals surface area (Å²) in [6.07, 6.45) is 9.29. The van der Waals surface area contributed by atoms with Crippen molar-refractivity contribution in [3.05, 3.63) is 35.4 Å². The van der Waals surface area contributed by atoms with Gasteiger partial charge in [-0.15, -0.1) is 0 Å². The van der Waals surface area contributed by atoms with E-state index in [9.17, 15) is 0 Å². The van der Waals surface area contributed by atoms with Crippen LogP contribution in [-0.2, 0) is 19.6 Å². The van der Waals surface area contributed by atoms with E-state index in [0.29, 0.717) is 6.04 Å². The van der Waals surface area contributed by atoms with Crippen LogP contribution in [0.1, 0.15) is 55.6 Å². The second kappa shape index (κ2) is 6.43. The summed E-state index contributed by atoms with van der Waals surface area (Å²) in [5, 5.41) is 12.5. The van der Waals surface area contributed by atoms with E-state index in [1.54, 1.807) is 0 Å². The Labute approximate surface area is 126 Å². The highest BCUT2D eigenvalue weighted by Gasteiger charge is 2.19. The zero-order valence-corrected chi connectivity index (χ0v) is 13.0. The summed E-state index contributed by atoms with van der Waals surface area (Å²) < 4.78 is 4.22. The number of hydrogen-bond acceptors (Lipinski definition) is 3. The van der Waals surface area contributed by atoms with Gasteiger partial charge in [-0.05, 0) is 32.8 Å². The number of hydrogen-bond donors (Lipinski definition) is 1. The predicted molar refractivity (Wildman–Crippen MR) is 82.9 cm³/mol. The molecule has 0 saturated heterocycles. The highest BCUT2D eigenvalue weighted by Crippen LogP contribution is 2.29. The topological polar surface area (TPSA) is 47.7 Å². The fraction of sp³-hybridized carbons (Fsp3) is 0.625. The first kappa shape index (κ1) is 14.3. The van der Waals surface area contributed by atoms with Gasteiger partial charge in [-0.3, -0.25) is 9.36 Å². The largest absolute Gasteiger partial charge is 0.307 e. The molecule has 5 nitrogen and oxygen atoms in total. The molecule has 5 heteroatoms. The van der Waals surface area contributed by atoms with E-state index in [1.165, 1.54) is 36.9 Å². The summed E-state index contributed by atoms with van der Waals surface area (Å²) >= 11 is 0. The molecule has 0 atom stereocenters. The van der Waals surface area contributed by atoms with Crippen molar-refractivity contribution in [2.75, 3.05) is 0 Å². The lowest BCUT2D eigenvalue weighted by Gasteiger charge is -2.14. The maximum atomic E-state index is 4.52. The van der Waals surface area contributed by atoms with E-state index in [1.807, 2.05) is 10.9 Å². The van der Waals surface area contributed by atoms with Gasteiger partial charge in [0.15, 0.2) is 0 Å². The molecule has 3 rings (SSSR count). The molecule has 0 aromatic carbocycles. The first-order valence-corrected chi connectivity index (χ1v) is 8.04. The summed E-state index contributed by atoms with van der Waals surface area (Å²) in [6, 6.07) is 2.74. The Morgan fingerprint density at radius 2 is 2.10 bits per heavy atom. The number of aromatic nitrogens is 4. The van der Waals surface area contributed by atoms with Crippen LogP contribution in [0, 0.1) is 6.92 Å². The molecule has 21 heavy (non-hydrogen) atoms. The van der Waals surface area contributed by atoms with Crippen molar-refractivity contribution in [2.45, 2.75) is 65.2 Å². The third kappa shape index (κ3) is 3.18. The van der Waals surface area contributed by atoms with Crippen molar-refractivity contribution >= 4 is 0 Å². The van der Waals surface area contributed by atoms with E-state index >= 15 is 0 Å².